The van der Waals surface area contributed by atoms with Gasteiger partial charge < -0.3 is 5.73 Å². The molecule has 0 amide bonds. The molecule has 0 spiro atoms. The van der Waals surface area contributed by atoms with Gasteiger partial charge >= 0.3 is 0 Å². The van der Waals surface area contributed by atoms with E-state index in [2.05, 4.69) is 20.8 Å². The maximum atomic E-state index is 12.3. The van der Waals surface area contributed by atoms with Crippen molar-refractivity contribution in [3.05, 3.63) is 28.2 Å². The van der Waals surface area contributed by atoms with Gasteiger partial charge in [-0.1, -0.05) is 6.07 Å². The molecule has 0 aliphatic carbocycles. The number of hydrogen-bond acceptors (Lipinski definition) is 3. The Kier molecular flexibility index (Phi) is 3.30. The molecule has 1 aliphatic rings. The van der Waals surface area contributed by atoms with Crippen molar-refractivity contribution in [2.24, 2.45) is 0 Å². The van der Waals surface area contributed by atoms with Gasteiger partial charge in [-0.2, -0.15) is 0 Å². The number of para-hydroxylation sites is 1. The maximum absolute atomic E-state index is 12.3. The third-order valence-corrected chi connectivity index (χ3v) is 3.83. The van der Waals surface area contributed by atoms with E-state index in [4.69, 9.17) is 5.73 Å². The predicted octanol–water partition coefficient (Wildman–Crippen LogP) is 2.31. The summed E-state index contributed by atoms with van der Waals surface area (Å²) in [5, 5.41) is 0. The summed E-state index contributed by atoms with van der Waals surface area (Å²) >= 11 is 3.35. The number of carbonyl (C=O) groups is 1. The Hall–Kier alpha value is -0.870. The summed E-state index contributed by atoms with van der Waals surface area (Å²) in [4.78, 5) is 14.4. The Labute approximate surface area is 104 Å². The number of nitrogens with two attached hydrogens (primary N) is 1. The van der Waals surface area contributed by atoms with Crippen molar-refractivity contribution < 1.29 is 4.79 Å². The first-order valence-corrected chi connectivity index (χ1v) is 6.19. The smallest absolute Gasteiger partial charge is 0.182 e. The van der Waals surface area contributed by atoms with E-state index >= 15 is 0 Å². The lowest BCUT2D eigenvalue weighted by molar-refractivity contribution is 0.0891. The van der Waals surface area contributed by atoms with E-state index in [1.165, 1.54) is 0 Å². The predicted molar refractivity (Wildman–Crippen MR) is 68.5 cm³/mol. The fourth-order valence-corrected chi connectivity index (χ4v) is 2.54. The molecule has 0 saturated carbocycles. The fourth-order valence-electron chi connectivity index (χ4n) is 2.17. The molecule has 1 heterocycles. The average molecular weight is 283 g/mol. The Morgan fingerprint density at radius 2 is 2.31 bits per heavy atom. The van der Waals surface area contributed by atoms with Crippen LogP contribution < -0.4 is 5.73 Å². The lowest BCUT2D eigenvalue weighted by atomic mass is 10.0. The van der Waals surface area contributed by atoms with E-state index in [0.29, 0.717) is 11.3 Å². The van der Waals surface area contributed by atoms with E-state index in [-0.39, 0.29) is 11.8 Å². The molecular weight excluding hydrogens is 268 g/mol. The molecule has 1 saturated heterocycles. The molecule has 1 fully saturated rings. The molecule has 0 aromatic heterocycles. The van der Waals surface area contributed by atoms with E-state index in [1.807, 2.05) is 19.2 Å². The van der Waals surface area contributed by atoms with Crippen molar-refractivity contribution in [2.45, 2.75) is 18.9 Å². The van der Waals surface area contributed by atoms with Crippen LogP contribution in [0.1, 0.15) is 23.2 Å². The Morgan fingerprint density at radius 3 is 2.94 bits per heavy atom. The highest BCUT2D eigenvalue weighted by Crippen LogP contribution is 2.27. The van der Waals surface area contributed by atoms with E-state index in [1.54, 1.807) is 6.07 Å². The summed E-state index contributed by atoms with van der Waals surface area (Å²) in [5.74, 6) is 0.138. The second kappa shape index (κ2) is 4.55. The second-order valence-electron chi connectivity index (χ2n) is 4.20. The van der Waals surface area contributed by atoms with Crippen LogP contribution in [0.3, 0.4) is 0 Å². The minimum atomic E-state index is -0.00315. The van der Waals surface area contributed by atoms with Crippen LogP contribution in [0.5, 0.6) is 0 Å². The number of benzene rings is 1. The van der Waals surface area contributed by atoms with Crippen molar-refractivity contribution in [3.63, 3.8) is 0 Å². The molecule has 2 rings (SSSR count). The molecule has 3 nitrogen and oxygen atoms in total. The van der Waals surface area contributed by atoms with Gasteiger partial charge in [0.1, 0.15) is 0 Å². The first-order chi connectivity index (χ1) is 7.61. The number of likely N-dealkylation sites (N-methyl/N-ethyl adjacent to an activating group) is 1. The van der Waals surface area contributed by atoms with Crippen LogP contribution in [0.25, 0.3) is 0 Å². The highest BCUT2D eigenvalue weighted by molar-refractivity contribution is 9.10. The maximum Gasteiger partial charge on any atom is 0.182 e. The summed E-state index contributed by atoms with van der Waals surface area (Å²) in [6.45, 7) is 0.990. The molecule has 16 heavy (non-hydrogen) atoms. The molecular formula is C12H15BrN2O. The lowest BCUT2D eigenvalue weighted by Gasteiger charge is -2.19. The third kappa shape index (κ3) is 1.99. The number of likely N-dealkylation sites (tertiary alicyclic amines) is 1. The molecule has 1 unspecified atom stereocenters. The first-order valence-electron chi connectivity index (χ1n) is 5.39. The molecule has 0 radical (unpaired) electrons. The number of Topliss-reactive ketones (excluding diaryl/α,β-unsaturated/α-hetero) is 1. The highest BCUT2D eigenvalue weighted by Gasteiger charge is 2.29. The number of anilines is 1. The van der Waals surface area contributed by atoms with Gasteiger partial charge in [-0.25, -0.2) is 0 Å². The number of ketones is 1. The first kappa shape index (κ1) is 11.6. The number of rotatable bonds is 2. The second-order valence-corrected chi connectivity index (χ2v) is 5.06. The molecule has 1 aliphatic heterocycles. The van der Waals surface area contributed by atoms with E-state index in [0.717, 1.165) is 23.9 Å². The van der Waals surface area contributed by atoms with E-state index in [9.17, 15) is 4.79 Å². The molecule has 2 N–H and O–H groups in total. The van der Waals surface area contributed by atoms with Gasteiger partial charge in [-0.3, -0.25) is 9.69 Å². The van der Waals surface area contributed by atoms with Crippen LogP contribution in [0, 0.1) is 0 Å². The van der Waals surface area contributed by atoms with Gasteiger partial charge in [0.05, 0.1) is 11.7 Å². The third-order valence-electron chi connectivity index (χ3n) is 3.14. The normalized spacial score (nSPS) is 21.2. The number of nitrogens with zero attached hydrogens (tertiary/aromatic N) is 1. The van der Waals surface area contributed by atoms with Crippen molar-refractivity contribution in [3.8, 4) is 0 Å². The fraction of sp³-hybridized carbons (Fsp3) is 0.417. The monoisotopic (exact) mass is 282 g/mol. The van der Waals surface area contributed by atoms with Crippen molar-refractivity contribution in [1.29, 1.82) is 0 Å². The standard InChI is InChI=1S/C12H15BrN2O/c1-15-7-3-6-10(15)12(16)8-4-2-5-9(13)11(8)14/h2,4-5,10H,3,6-7,14H2,1H3. The van der Waals surface area contributed by atoms with Crippen LogP contribution in [-0.4, -0.2) is 30.3 Å². The van der Waals surface area contributed by atoms with Crippen molar-refractivity contribution >= 4 is 27.4 Å². The van der Waals surface area contributed by atoms with Crippen LogP contribution in [-0.2, 0) is 0 Å². The zero-order chi connectivity index (χ0) is 11.7. The van der Waals surface area contributed by atoms with E-state index < -0.39 is 0 Å². The number of nitrogen functional groups attached to an aromatic ring is 1. The number of halogens is 1. The highest BCUT2D eigenvalue weighted by atomic mass is 79.9. The SMILES string of the molecule is CN1CCCC1C(=O)c1cccc(Br)c1N. The van der Waals surface area contributed by atoms with Crippen molar-refractivity contribution in [2.75, 3.05) is 19.3 Å². The quantitative estimate of drug-likeness (QED) is 0.669. The average Bonchev–Trinajstić information content (AvgIpc) is 2.68. The molecule has 1 atom stereocenters. The zero-order valence-electron chi connectivity index (χ0n) is 9.24. The van der Waals surface area contributed by atoms with Gasteiger partial charge in [0.2, 0.25) is 0 Å². The summed E-state index contributed by atoms with van der Waals surface area (Å²) in [7, 11) is 1.99. The topological polar surface area (TPSA) is 46.3 Å². The Balaban J connectivity index is 2.30. The summed E-state index contributed by atoms with van der Waals surface area (Å²) in [6.07, 6.45) is 2.02. The Bertz CT molecular complexity index is 419. The van der Waals surface area contributed by atoms with Crippen LogP contribution in [0.2, 0.25) is 0 Å². The van der Waals surface area contributed by atoms with Gasteiger partial charge in [0.15, 0.2) is 5.78 Å². The minimum absolute atomic E-state index is 0.00315. The van der Waals surface area contributed by atoms with Gasteiger partial charge in [0, 0.05) is 10.0 Å². The molecule has 1 aromatic rings. The van der Waals surface area contributed by atoms with Crippen LogP contribution in [0.4, 0.5) is 5.69 Å². The van der Waals surface area contributed by atoms with Crippen molar-refractivity contribution in [1.82, 2.24) is 4.90 Å². The molecule has 4 heteroatoms. The number of hydrogen-bond donors (Lipinski definition) is 1. The summed E-state index contributed by atoms with van der Waals surface area (Å²) in [5.41, 5.74) is 7.09. The summed E-state index contributed by atoms with van der Waals surface area (Å²) in [6, 6.07) is 5.50. The molecule has 0 bridgehead atoms. The number of carbonyl (C=O) groups excluding carboxylic acids is 1. The zero-order valence-corrected chi connectivity index (χ0v) is 10.8. The summed E-state index contributed by atoms with van der Waals surface area (Å²) < 4.78 is 0.791. The minimum Gasteiger partial charge on any atom is -0.397 e. The van der Waals surface area contributed by atoms with Gasteiger partial charge in [-0.15, -0.1) is 0 Å². The molecule has 86 valence electrons. The molecule has 1 aromatic carbocycles. The largest absolute Gasteiger partial charge is 0.397 e. The van der Waals surface area contributed by atoms with Crippen LogP contribution >= 0.6 is 15.9 Å². The van der Waals surface area contributed by atoms with Gasteiger partial charge in [-0.05, 0) is 54.5 Å². The van der Waals surface area contributed by atoms with Crippen LogP contribution in [0.15, 0.2) is 22.7 Å². The Morgan fingerprint density at radius 1 is 1.56 bits per heavy atom. The van der Waals surface area contributed by atoms with Gasteiger partial charge in [0.25, 0.3) is 0 Å². The lowest BCUT2D eigenvalue weighted by Crippen LogP contribution is -2.33.